The summed E-state index contributed by atoms with van der Waals surface area (Å²) in [6.07, 6.45) is 2.70. The fourth-order valence-electron chi connectivity index (χ4n) is 0.894. The molecule has 0 aliphatic rings. The van der Waals surface area contributed by atoms with Gasteiger partial charge < -0.3 is 9.84 Å². The molecule has 1 heterocycles. The van der Waals surface area contributed by atoms with Crippen LogP contribution in [0.2, 0.25) is 0 Å². The van der Waals surface area contributed by atoms with E-state index < -0.39 is 6.10 Å². The number of aliphatic hydroxyl groups excluding tert-OH is 1. The topological polar surface area (TPSA) is 42.4 Å². The highest BCUT2D eigenvalue weighted by atomic mass is 16.5. The van der Waals surface area contributed by atoms with E-state index in [-0.39, 0.29) is 0 Å². The fourth-order valence-corrected chi connectivity index (χ4v) is 0.894. The zero-order valence-electron chi connectivity index (χ0n) is 6.61. The van der Waals surface area contributed by atoms with Crippen LogP contribution in [0.4, 0.5) is 0 Å². The van der Waals surface area contributed by atoms with Crippen LogP contribution in [-0.2, 0) is 0 Å². The van der Waals surface area contributed by atoms with Crippen molar-refractivity contribution >= 4 is 0 Å². The summed E-state index contributed by atoms with van der Waals surface area (Å²) in [5, 5.41) is 9.22. The highest BCUT2D eigenvalue weighted by molar-refractivity contribution is 5.31. The van der Waals surface area contributed by atoms with Gasteiger partial charge in [-0.2, -0.15) is 0 Å². The van der Waals surface area contributed by atoms with Crippen molar-refractivity contribution in [1.82, 2.24) is 4.98 Å². The Hall–Kier alpha value is -1.09. The molecular weight excluding hydrogens is 142 g/mol. The monoisotopic (exact) mass is 153 g/mol. The highest BCUT2D eigenvalue weighted by Crippen LogP contribution is 2.22. The molecule has 0 spiro atoms. The van der Waals surface area contributed by atoms with E-state index in [1.807, 2.05) is 0 Å². The summed E-state index contributed by atoms with van der Waals surface area (Å²) in [7, 11) is 1.57. The van der Waals surface area contributed by atoms with E-state index in [0.717, 1.165) is 5.56 Å². The number of hydrogen-bond acceptors (Lipinski definition) is 3. The first kappa shape index (κ1) is 8.01. The van der Waals surface area contributed by atoms with Crippen LogP contribution < -0.4 is 4.74 Å². The maximum absolute atomic E-state index is 9.22. The van der Waals surface area contributed by atoms with E-state index in [1.54, 1.807) is 32.5 Å². The van der Waals surface area contributed by atoms with Crippen LogP contribution in [0.1, 0.15) is 18.6 Å². The molecule has 0 aromatic carbocycles. The van der Waals surface area contributed by atoms with Crippen molar-refractivity contribution in [1.29, 1.82) is 0 Å². The molecule has 1 aromatic rings. The van der Waals surface area contributed by atoms with Crippen LogP contribution in [0, 0.1) is 0 Å². The maximum atomic E-state index is 9.22. The molecule has 60 valence electrons. The van der Waals surface area contributed by atoms with E-state index in [0.29, 0.717) is 5.75 Å². The van der Waals surface area contributed by atoms with Crippen LogP contribution in [-0.4, -0.2) is 17.2 Å². The smallest absolute Gasteiger partial charge is 0.127 e. The van der Waals surface area contributed by atoms with E-state index in [9.17, 15) is 5.11 Å². The Morgan fingerprint density at radius 2 is 2.36 bits per heavy atom. The van der Waals surface area contributed by atoms with E-state index in [4.69, 9.17) is 4.74 Å². The van der Waals surface area contributed by atoms with Gasteiger partial charge in [0.15, 0.2) is 0 Å². The summed E-state index contributed by atoms with van der Waals surface area (Å²) in [5.41, 5.74) is 0.718. The standard InChI is InChI=1S/C8H11NO2/c1-6(10)7-5-9-4-3-8(7)11-2/h3-6,10H,1-2H3/t6-/m0/s1. The van der Waals surface area contributed by atoms with Crippen molar-refractivity contribution < 1.29 is 9.84 Å². The molecule has 1 atom stereocenters. The summed E-state index contributed by atoms with van der Waals surface area (Å²) in [5.74, 6) is 0.676. The first-order chi connectivity index (χ1) is 5.25. The molecular formula is C8H11NO2. The Labute approximate surface area is 65.7 Å². The van der Waals surface area contributed by atoms with Gasteiger partial charge in [-0.1, -0.05) is 0 Å². The molecule has 1 aromatic heterocycles. The minimum Gasteiger partial charge on any atom is -0.496 e. The van der Waals surface area contributed by atoms with Crippen molar-refractivity contribution in [3.05, 3.63) is 24.0 Å². The van der Waals surface area contributed by atoms with Gasteiger partial charge in [0, 0.05) is 18.0 Å². The first-order valence-electron chi connectivity index (χ1n) is 3.41. The van der Waals surface area contributed by atoms with E-state index in [1.165, 1.54) is 0 Å². The molecule has 3 nitrogen and oxygen atoms in total. The predicted molar refractivity (Wildman–Crippen MR) is 41.4 cm³/mol. The zero-order valence-corrected chi connectivity index (χ0v) is 6.61. The van der Waals surface area contributed by atoms with Gasteiger partial charge in [-0.25, -0.2) is 0 Å². The lowest BCUT2D eigenvalue weighted by atomic mass is 10.2. The molecule has 0 saturated carbocycles. The normalized spacial score (nSPS) is 12.6. The number of rotatable bonds is 2. The van der Waals surface area contributed by atoms with Crippen LogP contribution >= 0.6 is 0 Å². The molecule has 0 fully saturated rings. The second-order valence-corrected chi connectivity index (χ2v) is 2.29. The predicted octanol–water partition coefficient (Wildman–Crippen LogP) is 1.14. The average molecular weight is 153 g/mol. The second kappa shape index (κ2) is 3.34. The first-order valence-corrected chi connectivity index (χ1v) is 3.41. The summed E-state index contributed by atoms with van der Waals surface area (Å²) >= 11 is 0. The number of aliphatic hydroxyl groups is 1. The van der Waals surface area contributed by atoms with Crippen LogP contribution in [0.15, 0.2) is 18.5 Å². The quantitative estimate of drug-likeness (QED) is 0.692. The van der Waals surface area contributed by atoms with Crippen LogP contribution in [0.5, 0.6) is 5.75 Å². The lowest BCUT2D eigenvalue weighted by Crippen LogP contribution is -1.96. The third-order valence-corrected chi connectivity index (χ3v) is 1.48. The van der Waals surface area contributed by atoms with Crippen LogP contribution in [0.3, 0.4) is 0 Å². The van der Waals surface area contributed by atoms with Crippen molar-refractivity contribution in [2.75, 3.05) is 7.11 Å². The van der Waals surface area contributed by atoms with Gasteiger partial charge in [0.25, 0.3) is 0 Å². The Morgan fingerprint density at radius 3 is 2.82 bits per heavy atom. The summed E-state index contributed by atoms with van der Waals surface area (Å²) in [6, 6.07) is 1.72. The molecule has 0 unspecified atom stereocenters. The Bertz CT molecular complexity index is 235. The number of methoxy groups -OCH3 is 1. The lowest BCUT2D eigenvalue weighted by Gasteiger charge is -2.08. The molecule has 0 bridgehead atoms. The van der Waals surface area contributed by atoms with Gasteiger partial charge in [-0.05, 0) is 13.0 Å². The van der Waals surface area contributed by atoms with Gasteiger partial charge in [0.1, 0.15) is 5.75 Å². The van der Waals surface area contributed by atoms with Gasteiger partial charge in [0.2, 0.25) is 0 Å². The van der Waals surface area contributed by atoms with Gasteiger partial charge in [-0.15, -0.1) is 0 Å². The molecule has 0 radical (unpaired) electrons. The number of hydrogen-bond donors (Lipinski definition) is 1. The molecule has 0 amide bonds. The Balaban J connectivity index is 3.02. The molecule has 3 heteroatoms. The zero-order chi connectivity index (χ0) is 8.27. The lowest BCUT2D eigenvalue weighted by molar-refractivity contribution is 0.194. The molecule has 0 aliphatic heterocycles. The number of ether oxygens (including phenoxy) is 1. The molecule has 0 aliphatic carbocycles. The maximum Gasteiger partial charge on any atom is 0.127 e. The molecule has 11 heavy (non-hydrogen) atoms. The second-order valence-electron chi connectivity index (χ2n) is 2.29. The number of nitrogens with zero attached hydrogens (tertiary/aromatic N) is 1. The van der Waals surface area contributed by atoms with Crippen molar-refractivity contribution in [3.8, 4) is 5.75 Å². The van der Waals surface area contributed by atoms with Crippen molar-refractivity contribution in [2.24, 2.45) is 0 Å². The van der Waals surface area contributed by atoms with Crippen molar-refractivity contribution in [3.63, 3.8) is 0 Å². The summed E-state index contributed by atoms with van der Waals surface area (Å²) in [4.78, 5) is 3.87. The minimum absolute atomic E-state index is 0.529. The third kappa shape index (κ3) is 1.68. The number of aromatic nitrogens is 1. The van der Waals surface area contributed by atoms with Gasteiger partial charge in [0.05, 0.1) is 13.2 Å². The Kier molecular flexibility index (Phi) is 2.44. The fraction of sp³-hybridized carbons (Fsp3) is 0.375. The third-order valence-electron chi connectivity index (χ3n) is 1.48. The van der Waals surface area contributed by atoms with Gasteiger partial charge >= 0.3 is 0 Å². The summed E-state index contributed by atoms with van der Waals surface area (Å²) in [6.45, 7) is 1.68. The Morgan fingerprint density at radius 1 is 1.64 bits per heavy atom. The average Bonchev–Trinajstić information content (AvgIpc) is 2.04. The molecule has 1 rings (SSSR count). The van der Waals surface area contributed by atoms with Gasteiger partial charge in [-0.3, -0.25) is 4.98 Å². The SMILES string of the molecule is COc1ccncc1[C@H](C)O. The highest BCUT2D eigenvalue weighted by Gasteiger charge is 2.06. The van der Waals surface area contributed by atoms with Crippen LogP contribution in [0.25, 0.3) is 0 Å². The summed E-state index contributed by atoms with van der Waals surface area (Å²) < 4.78 is 5.01. The molecule has 1 N–H and O–H groups in total. The van der Waals surface area contributed by atoms with Crippen molar-refractivity contribution in [2.45, 2.75) is 13.0 Å². The molecule has 0 saturated heterocycles. The van der Waals surface area contributed by atoms with E-state index in [2.05, 4.69) is 4.98 Å². The van der Waals surface area contributed by atoms with E-state index >= 15 is 0 Å². The minimum atomic E-state index is -0.529. The number of pyridine rings is 1. The largest absolute Gasteiger partial charge is 0.496 e.